The van der Waals surface area contributed by atoms with Crippen LogP contribution in [-0.4, -0.2) is 40.2 Å². The van der Waals surface area contributed by atoms with Gasteiger partial charge in [-0.1, -0.05) is 25.4 Å². The number of rotatable bonds is 6. The van der Waals surface area contributed by atoms with Gasteiger partial charge in [-0.2, -0.15) is 0 Å². The quantitative estimate of drug-likeness (QED) is 0.845. The zero-order valence-corrected chi connectivity index (χ0v) is 12.0. The van der Waals surface area contributed by atoms with Gasteiger partial charge in [-0.05, 0) is 31.0 Å². The van der Waals surface area contributed by atoms with Crippen LogP contribution < -0.4 is 0 Å². The van der Waals surface area contributed by atoms with Gasteiger partial charge in [0.1, 0.15) is 5.75 Å². The number of aromatic hydroxyl groups is 1. The number of amides is 1. The molecule has 4 nitrogen and oxygen atoms in total. The third-order valence-corrected chi connectivity index (χ3v) is 3.49. The predicted molar refractivity (Wildman–Crippen MR) is 75.6 cm³/mol. The fourth-order valence-electron chi connectivity index (χ4n) is 2.12. The molecule has 19 heavy (non-hydrogen) atoms. The molecule has 0 saturated carbocycles. The summed E-state index contributed by atoms with van der Waals surface area (Å²) in [5.41, 5.74) is 0.266. The van der Waals surface area contributed by atoms with E-state index in [2.05, 4.69) is 0 Å². The summed E-state index contributed by atoms with van der Waals surface area (Å²) >= 11 is 6.01. The van der Waals surface area contributed by atoms with Crippen LogP contribution in [0.15, 0.2) is 18.2 Å². The van der Waals surface area contributed by atoms with Crippen molar-refractivity contribution >= 4 is 17.5 Å². The molecule has 0 aliphatic carbocycles. The summed E-state index contributed by atoms with van der Waals surface area (Å²) in [6.45, 7) is 4.15. The van der Waals surface area contributed by atoms with Crippen LogP contribution in [0.1, 0.15) is 37.0 Å². The van der Waals surface area contributed by atoms with E-state index in [-0.39, 0.29) is 36.4 Å². The summed E-state index contributed by atoms with van der Waals surface area (Å²) in [6.07, 6.45) is 1.61. The Morgan fingerprint density at radius 2 is 2.00 bits per heavy atom. The smallest absolute Gasteiger partial charge is 0.255 e. The van der Waals surface area contributed by atoms with Crippen LogP contribution in [0.2, 0.25) is 5.02 Å². The van der Waals surface area contributed by atoms with Crippen LogP contribution >= 0.6 is 11.6 Å². The lowest BCUT2D eigenvalue weighted by Crippen LogP contribution is -2.41. The fraction of sp³-hybridized carbons (Fsp3) is 0.500. The molecule has 0 atom stereocenters. The Hall–Kier alpha value is -1.26. The van der Waals surface area contributed by atoms with Crippen LogP contribution in [0.4, 0.5) is 0 Å². The lowest BCUT2D eigenvalue weighted by atomic mass is 10.1. The average molecular weight is 286 g/mol. The first-order valence-corrected chi connectivity index (χ1v) is 6.83. The standard InChI is InChI=1S/C14H20ClNO3/c1-3-10(4-2)16(7-8-17)14(19)12-9-11(18)5-6-13(12)15/h5-6,9-10,17-18H,3-4,7-8H2,1-2H3. The first-order chi connectivity index (χ1) is 9.04. The number of aliphatic hydroxyl groups excluding tert-OH is 1. The second kappa shape index (κ2) is 7.36. The molecule has 1 rings (SSSR count). The predicted octanol–water partition coefficient (Wildman–Crippen LogP) is 2.67. The Bertz CT molecular complexity index is 433. The summed E-state index contributed by atoms with van der Waals surface area (Å²) in [5, 5.41) is 18.9. The molecule has 5 heteroatoms. The van der Waals surface area contributed by atoms with Crippen molar-refractivity contribution in [1.82, 2.24) is 4.90 Å². The van der Waals surface area contributed by atoms with Gasteiger partial charge < -0.3 is 15.1 Å². The van der Waals surface area contributed by atoms with Crippen LogP contribution in [-0.2, 0) is 0 Å². The number of halogens is 1. The summed E-state index contributed by atoms with van der Waals surface area (Å²) in [5.74, 6) is -0.259. The molecule has 0 aromatic heterocycles. The van der Waals surface area contributed by atoms with Crippen LogP contribution in [0.25, 0.3) is 0 Å². The van der Waals surface area contributed by atoms with Gasteiger partial charge in [0.25, 0.3) is 5.91 Å². The van der Waals surface area contributed by atoms with Crippen LogP contribution in [0, 0.1) is 0 Å². The molecule has 0 spiro atoms. The Kier molecular flexibility index (Phi) is 6.12. The minimum absolute atomic E-state index is 0.00115. The van der Waals surface area contributed by atoms with Crippen LogP contribution in [0.3, 0.4) is 0 Å². The number of carbonyl (C=O) groups excluding carboxylic acids is 1. The third-order valence-electron chi connectivity index (χ3n) is 3.17. The van der Waals surface area contributed by atoms with Gasteiger partial charge in [0.2, 0.25) is 0 Å². The second-order valence-electron chi connectivity index (χ2n) is 4.36. The highest BCUT2D eigenvalue weighted by molar-refractivity contribution is 6.33. The van der Waals surface area contributed by atoms with E-state index in [0.29, 0.717) is 5.02 Å². The molecule has 0 unspecified atom stereocenters. The summed E-state index contributed by atoms with van der Waals surface area (Å²) in [7, 11) is 0. The van der Waals surface area contributed by atoms with Crippen molar-refractivity contribution < 1.29 is 15.0 Å². The molecule has 0 aliphatic rings. The number of nitrogens with zero attached hydrogens (tertiary/aromatic N) is 1. The summed E-state index contributed by atoms with van der Waals surface area (Å²) < 4.78 is 0. The topological polar surface area (TPSA) is 60.8 Å². The molecule has 1 amide bonds. The van der Waals surface area contributed by atoms with E-state index in [9.17, 15) is 9.90 Å². The number of hydrogen-bond acceptors (Lipinski definition) is 3. The number of phenols is 1. The van der Waals surface area contributed by atoms with Crippen LogP contribution in [0.5, 0.6) is 5.75 Å². The maximum atomic E-state index is 12.5. The number of benzene rings is 1. The lowest BCUT2D eigenvalue weighted by Gasteiger charge is -2.30. The normalized spacial score (nSPS) is 10.8. The average Bonchev–Trinajstić information content (AvgIpc) is 2.41. The van der Waals surface area contributed by atoms with E-state index < -0.39 is 0 Å². The molecule has 2 N–H and O–H groups in total. The number of hydrogen-bond donors (Lipinski definition) is 2. The van der Waals surface area contributed by atoms with E-state index >= 15 is 0 Å². The summed E-state index contributed by atoms with van der Waals surface area (Å²) in [4.78, 5) is 14.1. The second-order valence-corrected chi connectivity index (χ2v) is 4.76. The van der Waals surface area contributed by atoms with Crippen molar-refractivity contribution in [2.75, 3.05) is 13.2 Å². The van der Waals surface area contributed by atoms with E-state index in [1.807, 2.05) is 13.8 Å². The molecule has 0 fully saturated rings. The Labute approximate surface area is 118 Å². The molecule has 0 aliphatic heterocycles. The van der Waals surface area contributed by atoms with E-state index in [1.165, 1.54) is 18.2 Å². The number of phenolic OH excluding ortho intramolecular Hbond substituents is 1. The van der Waals surface area contributed by atoms with Crippen molar-refractivity contribution in [3.05, 3.63) is 28.8 Å². The number of carbonyl (C=O) groups is 1. The maximum absolute atomic E-state index is 12.5. The van der Waals surface area contributed by atoms with Crippen molar-refractivity contribution in [2.24, 2.45) is 0 Å². The van der Waals surface area contributed by atoms with Gasteiger partial charge >= 0.3 is 0 Å². The monoisotopic (exact) mass is 285 g/mol. The maximum Gasteiger partial charge on any atom is 0.255 e. The van der Waals surface area contributed by atoms with E-state index in [1.54, 1.807) is 4.90 Å². The molecular formula is C14H20ClNO3. The minimum atomic E-state index is -0.261. The minimum Gasteiger partial charge on any atom is -0.508 e. The fourth-order valence-corrected chi connectivity index (χ4v) is 2.32. The van der Waals surface area contributed by atoms with Gasteiger partial charge in [-0.3, -0.25) is 4.79 Å². The Morgan fingerprint density at radius 3 is 2.53 bits per heavy atom. The highest BCUT2D eigenvalue weighted by atomic mass is 35.5. The van der Waals surface area contributed by atoms with Crippen molar-refractivity contribution in [3.63, 3.8) is 0 Å². The van der Waals surface area contributed by atoms with Gasteiger partial charge in [0.15, 0.2) is 0 Å². The van der Waals surface area contributed by atoms with Crippen molar-refractivity contribution in [3.8, 4) is 5.75 Å². The van der Waals surface area contributed by atoms with Gasteiger partial charge in [0.05, 0.1) is 17.2 Å². The zero-order valence-electron chi connectivity index (χ0n) is 11.3. The van der Waals surface area contributed by atoms with Crippen molar-refractivity contribution in [2.45, 2.75) is 32.7 Å². The first-order valence-electron chi connectivity index (χ1n) is 6.45. The molecular weight excluding hydrogens is 266 g/mol. The Balaban J connectivity index is 3.08. The van der Waals surface area contributed by atoms with E-state index in [4.69, 9.17) is 16.7 Å². The molecule has 0 radical (unpaired) electrons. The molecule has 106 valence electrons. The molecule has 0 saturated heterocycles. The Morgan fingerprint density at radius 1 is 1.37 bits per heavy atom. The van der Waals surface area contributed by atoms with Crippen molar-refractivity contribution in [1.29, 1.82) is 0 Å². The molecule has 1 aromatic carbocycles. The van der Waals surface area contributed by atoms with Gasteiger partial charge in [-0.25, -0.2) is 0 Å². The third kappa shape index (κ3) is 3.85. The molecule has 1 aromatic rings. The van der Waals surface area contributed by atoms with Gasteiger partial charge in [0, 0.05) is 12.6 Å². The van der Waals surface area contributed by atoms with Gasteiger partial charge in [-0.15, -0.1) is 0 Å². The largest absolute Gasteiger partial charge is 0.508 e. The van der Waals surface area contributed by atoms with E-state index in [0.717, 1.165) is 12.8 Å². The molecule has 0 heterocycles. The number of aliphatic hydroxyl groups is 1. The highest BCUT2D eigenvalue weighted by Gasteiger charge is 2.23. The molecule has 0 bridgehead atoms. The lowest BCUT2D eigenvalue weighted by molar-refractivity contribution is 0.0622. The highest BCUT2D eigenvalue weighted by Crippen LogP contribution is 2.24. The zero-order chi connectivity index (χ0) is 14.4. The first kappa shape index (κ1) is 15.8. The summed E-state index contributed by atoms with van der Waals surface area (Å²) in [6, 6.07) is 4.34. The SMILES string of the molecule is CCC(CC)N(CCO)C(=O)c1cc(O)ccc1Cl.